The van der Waals surface area contributed by atoms with E-state index in [-0.39, 0.29) is 18.7 Å². The summed E-state index contributed by atoms with van der Waals surface area (Å²) in [6.07, 6.45) is 4.46. The summed E-state index contributed by atoms with van der Waals surface area (Å²) in [5.74, 6) is 1.50. The van der Waals surface area contributed by atoms with Crippen molar-refractivity contribution in [2.45, 2.75) is 50.7 Å². The van der Waals surface area contributed by atoms with Crippen molar-refractivity contribution in [1.29, 1.82) is 0 Å². The number of aliphatic hydroxyl groups is 1. The van der Waals surface area contributed by atoms with Crippen LogP contribution >= 0.6 is 0 Å². The standard InChI is InChI=1S/C16H21NO4/c18-13-4-2-1-3-12(13)17-16(19)8-6-11-5-7-14-15(9-11)21-10-20-14/h5,7,9,12-13,18H,1-4,6,8,10H2,(H,17,19)/t12-,13-/m0/s1. The van der Waals surface area contributed by atoms with E-state index in [9.17, 15) is 9.90 Å². The molecule has 5 nitrogen and oxygen atoms in total. The number of carbonyl (C=O) groups is 1. The van der Waals surface area contributed by atoms with E-state index in [0.717, 1.165) is 42.7 Å². The van der Waals surface area contributed by atoms with E-state index in [2.05, 4.69) is 5.32 Å². The molecule has 1 aliphatic heterocycles. The molecule has 2 atom stereocenters. The molecule has 21 heavy (non-hydrogen) atoms. The third-order valence-corrected chi connectivity index (χ3v) is 4.15. The van der Waals surface area contributed by atoms with Crippen molar-refractivity contribution in [2.24, 2.45) is 0 Å². The van der Waals surface area contributed by atoms with Crippen LogP contribution in [-0.4, -0.2) is 30.0 Å². The number of hydrogen-bond acceptors (Lipinski definition) is 4. The van der Waals surface area contributed by atoms with Crippen LogP contribution in [0.25, 0.3) is 0 Å². The van der Waals surface area contributed by atoms with E-state index in [0.29, 0.717) is 12.8 Å². The summed E-state index contributed by atoms with van der Waals surface area (Å²) in [4.78, 5) is 12.0. The molecule has 3 rings (SSSR count). The largest absolute Gasteiger partial charge is 0.454 e. The molecule has 1 aliphatic carbocycles. The molecule has 0 aromatic heterocycles. The molecule has 0 spiro atoms. The van der Waals surface area contributed by atoms with Crippen LogP contribution in [0.5, 0.6) is 11.5 Å². The van der Waals surface area contributed by atoms with Gasteiger partial charge in [0.1, 0.15) is 0 Å². The highest BCUT2D eigenvalue weighted by Gasteiger charge is 2.24. The van der Waals surface area contributed by atoms with Gasteiger partial charge in [0.05, 0.1) is 12.1 Å². The van der Waals surface area contributed by atoms with E-state index in [1.165, 1.54) is 0 Å². The first kappa shape index (κ1) is 14.2. The fourth-order valence-electron chi connectivity index (χ4n) is 2.91. The zero-order valence-electron chi connectivity index (χ0n) is 12.0. The monoisotopic (exact) mass is 291 g/mol. The normalized spacial score (nSPS) is 23.9. The number of ether oxygens (including phenoxy) is 2. The molecule has 1 heterocycles. The summed E-state index contributed by atoms with van der Waals surface area (Å²) in [6.45, 7) is 0.263. The lowest BCUT2D eigenvalue weighted by Crippen LogP contribution is -2.45. The topological polar surface area (TPSA) is 67.8 Å². The Labute approximate surface area is 124 Å². The fourth-order valence-corrected chi connectivity index (χ4v) is 2.91. The molecule has 1 aromatic carbocycles. The van der Waals surface area contributed by atoms with Crippen molar-refractivity contribution in [3.63, 3.8) is 0 Å². The van der Waals surface area contributed by atoms with Gasteiger partial charge in [0.25, 0.3) is 0 Å². The van der Waals surface area contributed by atoms with Gasteiger partial charge in [-0.1, -0.05) is 18.9 Å². The molecule has 114 valence electrons. The van der Waals surface area contributed by atoms with Crippen LogP contribution in [0.4, 0.5) is 0 Å². The van der Waals surface area contributed by atoms with E-state index in [1.54, 1.807) is 0 Å². The predicted molar refractivity (Wildman–Crippen MR) is 77.3 cm³/mol. The Hall–Kier alpha value is -1.75. The Morgan fingerprint density at radius 2 is 2.05 bits per heavy atom. The lowest BCUT2D eigenvalue weighted by Gasteiger charge is -2.28. The second-order valence-electron chi connectivity index (χ2n) is 5.71. The Morgan fingerprint density at radius 3 is 2.90 bits per heavy atom. The molecule has 2 aliphatic rings. The van der Waals surface area contributed by atoms with Crippen LogP contribution in [-0.2, 0) is 11.2 Å². The molecule has 1 fully saturated rings. The van der Waals surface area contributed by atoms with Crippen LogP contribution in [0.2, 0.25) is 0 Å². The van der Waals surface area contributed by atoms with Gasteiger partial charge in [-0.25, -0.2) is 0 Å². The number of fused-ring (bicyclic) bond motifs is 1. The van der Waals surface area contributed by atoms with Gasteiger partial charge in [0, 0.05) is 6.42 Å². The molecular formula is C16H21NO4. The summed E-state index contributed by atoms with van der Waals surface area (Å²) in [5, 5.41) is 12.8. The van der Waals surface area contributed by atoms with Gasteiger partial charge in [-0.15, -0.1) is 0 Å². The summed E-state index contributed by atoms with van der Waals surface area (Å²) >= 11 is 0. The quantitative estimate of drug-likeness (QED) is 0.887. The van der Waals surface area contributed by atoms with Crippen LogP contribution in [0.15, 0.2) is 18.2 Å². The number of carbonyl (C=O) groups excluding carboxylic acids is 1. The number of amides is 1. The maximum Gasteiger partial charge on any atom is 0.231 e. The maximum atomic E-state index is 12.0. The van der Waals surface area contributed by atoms with Gasteiger partial charge in [0.15, 0.2) is 11.5 Å². The van der Waals surface area contributed by atoms with Crippen LogP contribution < -0.4 is 14.8 Å². The first-order chi connectivity index (χ1) is 10.2. The molecule has 0 radical (unpaired) electrons. The number of aliphatic hydroxyl groups excluding tert-OH is 1. The second-order valence-corrected chi connectivity index (χ2v) is 5.71. The van der Waals surface area contributed by atoms with Gasteiger partial charge in [0.2, 0.25) is 12.7 Å². The van der Waals surface area contributed by atoms with Crippen molar-refractivity contribution in [3.8, 4) is 11.5 Å². The van der Waals surface area contributed by atoms with E-state index in [4.69, 9.17) is 9.47 Å². The van der Waals surface area contributed by atoms with Crippen molar-refractivity contribution in [3.05, 3.63) is 23.8 Å². The number of hydrogen-bond donors (Lipinski definition) is 2. The van der Waals surface area contributed by atoms with Gasteiger partial charge < -0.3 is 19.9 Å². The van der Waals surface area contributed by atoms with Gasteiger partial charge in [-0.3, -0.25) is 4.79 Å². The highest BCUT2D eigenvalue weighted by atomic mass is 16.7. The van der Waals surface area contributed by atoms with E-state index in [1.807, 2.05) is 18.2 Å². The molecule has 0 bridgehead atoms. The lowest BCUT2D eigenvalue weighted by atomic mass is 9.92. The molecule has 0 saturated heterocycles. The molecule has 1 saturated carbocycles. The maximum absolute atomic E-state index is 12.0. The Bertz CT molecular complexity index is 517. The average Bonchev–Trinajstić information content (AvgIpc) is 2.95. The molecule has 0 unspecified atom stereocenters. The highest BCUT2D eigenvalue weighted by Crippen LogP contribution is 2.32. The summed E-state index contributed by atoms with van der Waals surface area (Å²) in [5.41, 5.74) is 1.05. The fraction of sp³-hybridized carbons (Fsp3) is 0.562. The first-order valence-corrected chi connectivity index (χ1v) is 7.58. The summed E-state index contributed by atoms with van der Waals surface area (Å²) in [7, 11) is 0. The number of benzene rings is 1. The Kier molecular flexibility index (Phi) is 4.29. The zero-order chi connectivity index (χ0) is 14.7. The summed E-state index contributed by atoms with van der Waals surface area (Å²) < 4.78 is 10.6. The number of nitrogens with one attached hydrogen (secondary N) is 1. The van der Waals surface area contributed by atoms with Crippen molar-refractivity contribution < 1.29 is 19.4 Å². The molecule has 1 aromatic rings. The average molecular weight is 291 g/mol. The van der Waals surface area contributed by atoms with Gasteiger partial charge in [-0.2, -0.15) is 0 Å². The first-order valence-electron chi connectivity index (χ1n) is 7.58. The molecule has 5 heteroatoms. The minimum absolute atomic E-state index is 0.00128. The number of rotatable bonds is 4. The van der Waals surface area contributed by atoms with Crippen molar-refractivity contribution in [1.82, 2.24) is 5.32 Å². The SMILES string of the molecule is O=C(CCc1ccc2c(c1)OCO2)N[C@H]1CCCC[C@@H]1O. The minimum Gasteiger partial charge on any atom is -0.454 e. The molecular weight excluding hydrogens is 270 g/mol. The minimum atomic E-state index is -0.395. The third-order valence-electron chi connectivity index (χ3n) is 4.15. The predicted octanol–water partition coefficient (Wildman–Crippen LogP) is 1.77. The third kappa shape index (κ3) is 3.47. The van der Waals surface area contributed by atoms with Crippen molar-refractivity contribution in [2.75, 3.05) is 6.79 Å². The van der Waals surface area contributed by atoms with Crippen molar-refractivity contribution >= 4 is 5.91 Å². The van der Waals surface area contributed by atoms with Gasteiger partial charge in [-0.05, 0) is 37.0 Å². The van der Waals surface area contributed by atoms with Crippen LogP contribution in [0, 0.1) is 0 Å². The molecule has 1 amide bonds. The Morgan fingerprint density at radius 1 is 1.24 bits per heavy atom. The zero-order valence-corrected chi connectivity index (χ0v) is 12.0. The van der Waals surface area contributed by atoms with E-state index >= 15 is 0 Å². The smallest absolute Gasteiger partial charge is 0.231 e. The van der Waals surface area contributed by atoms with Gasteiger partial charge >= 0.3 is 0 Å². The van der Waals surface area contributed by atoms with Crippen LogP contribution in [0.1, 0.15) is 37.7 Å². The number of aryl methyl sites for hydroxylation is 1. The lowest BCUT2D eigenvalue weighted by molar-refractivity contribution is -0.123. The summed E-state index contributed by atoms with van der Waals surface area (Å²) in [6, 6.07) is 5.67. The van der Waals surface area contributed by atoms with Crippen LogP contribution in [0.3, 0.4) is 0 Å². The van der Waals surface area contributed by atoms with E-state index < -0.39 is 6.10 Å². The highest BCUT2D eigenvalue weighted by molar-refractivity contribution is 5.76. The second kappa shape index (κ2) is 6.35. The molecule has 2 N–H and O–H groups in total. The Balaban J connectivity index is 1.49.